The van der Waals surface area contributed by atoms with E-state index < -0.39 is 5.54 Å². The quantitative estimate of drug-likeness (QED) is 0.586. The van der Waals surface area contributed by atoms with Crippen LogP contribution in [0, 0.1) is 0 Å². The zero-order chi connectivity index (χ0) is 15.0. The van der Waals surface area contributed by atoms with Gasteiger partial charge in [-0.2, -0.15) is 0 Å². The number of esters is 1. The summed E-state index contributed by atoms with van der Waals surface area (Å²) >= 11 is 0. The van der Waals surface area contributed by atoms with E-state index in [2.05, 4.69) is 5.32 Å². The normalized spacial score (nSPS) is 14.1. The second-order valence-electron chi connectivity index (χ2n) is 5.01. The highest BCUT2D eigenvalue weighted by atomic mass is 16.5. The molecule has 0 fully saturated rings. The van der Waals surface area contributed by atoms with Crippen molar-refractivity contribution in [3.8, 4) is 0 Å². The molecule has 0 heterocycles. The molecule has 0 aliphatic heterocycles. The summed E-state index contributed by atoms with van der Waals surface area (Å²) in [5.74, 6) is -0.280. The summed E-state index contributed by atoms with van der Waals surface area (Å²) in [6.45, 7) is 7.11. The Labute approximate surface area is 121 Å². The summed E-state index contributed by atoms with van der Waals surface area (Å²) in [4.78, 5) is 12.4. The zero-order valence-electron chi connectivity index (χ0n) is 12.8. The summed E-state index contributed by atoms with van der Waals surface area (Å²) in [6, 6.07) is 9.82. The van der Waals surface area contributed by atoms with E-state index in [9.17, 15) is 4.79 Å². The van der Waals surface area contributed by atoms with E-state index in [1.165, 1.54) is 7.11 Å². The second kappa shape index (κ2) is 8.02. The fourth-order valence-corrected chi connectivity index (χ4v) is 2.34. The first-order chi connectivity index (χ1) is 9.56. The molecule has 0 radical (unpaired) electrons. The molecule has 0 spiro atoms. The van der Waals surface area contributed by atoms with Gasteiger partial charge in [-0.1, -0.05) is 30.3 Å². The molecule has 4 heteroatoms. The van der Waals surface area contributed by atoms with Gasteiger partial charge in [-0.05, 0) is 26.3 Å². The van der Waals surface area contributed by atoms with E-state index in [0.717, 1.165) is 5.56 Å². The van der Waals surface area contributed by atoms with Crippen LogP contribution in [0.4, 0.5) is 0 Å². The largest absolute Gasteiger partial charge is 0.467 e. The molecule has 1 atom stereocenters. The summed E-state index contributed by atoms with van der Waals surface area (Å²) in [6.07, 6.45) is 0.537. The number of carbonyl (C=O) groups excluding carboxylic acids is 1. The summed E-state index contributed by atoms with van der Waals surface area (Å²) in [5.41, 5.74) is 0.0413. The van der Waals surface area contributed by atoms with Crippen LogP contribution in [0.2, 0.25) is 0 Å². The third-order valence-corrected chi connectivity index (χ3v) is 3.16. The molecule has 1 rings (SSSR count). The Balaban J connectivity index is 3.14. The Bertz CT molecular complexity index is 405. The van der Waals surface area contributed by atoms with Crippen LogP contribution in [0.5, 0.6) is 0 Å². The highest BCUT2D eigenvalue weighted by Gasteiger charge is 2.41. The van der Waals surface area contributed by atoms with Gasteiger partial charge >= 0.3 is 5.97 Å². The smallest absolute Gasteiger partial charge is 0.330 e. The van der Waals surface area contributed by atoms with Crippen molar-refractivity contribution < 1.29 is 14.3 Å². The van der Waals surface area contributed by atoms with Crippen LogP contribution >= 0.6 is 0 Å². The molecule has 0 amide bonds. The number of ether oxygens (including phenoxy) is 2. The topological polar surface area (TPSA) is 47.6 Å². The number of nitrogens with one attached hydrogen (secondary N) is 1. The van der Waals surface area contributed by atoms with Crippen LogP contribution in [-0.4, -0.2) is 32.3 Å². The first-order valence-electron chi connectivity index (χ1n) is 7.06. The summed E-state index contributed by atoms with van der Waals surface area (Å²) < 4.78 is 10.5. The van der Waals surface area contributed by atoms with Crippen molar-refractivity contribution in [2.45, 2.75) is 38.8 Å². The molecule has 0 bridgehead atoms. The highest BCUT2D eigenvalue weighted by Crippen LogP contribution is 2.27. The van der Waals surface area contributed by atoms with Gasteiger partial charge < -0.3 is 9.47 Å². The number of methoxy groups -OCH3 is 1. The zero-order valence-corrected chi connectivity index (χ0v) is 12.8. The molecular weight excluding hydrogens is 254 g/mol. The summed E-state index contributed by atoms with van der Waals surface area (Å²) in [5, 5.41) is 3.36. The molecule has 0 aromatic heterocycles. The van der Waals surface area contributed by atoms with Crippen LogP contribution in [-0.2, 0) is 19.8 Å². The van der Waals surface area contributed by atoms with E-state index in [1.54, 1.807) is 0 Å². The molecule has 1 N–H and O–H groups in total. The fourth-order valence-electron chi connectivity index (χ4n) is 2.34. The van der Waals surface area contributed by atoms with Crippen molar-refractivity contribution in [3.05, 3.63) is 35.9 Å². The Hall–Kier alpha value is -1.39. The van der Waals surface area contributed by atoms with E-state index in [4.69, 9.17) is 9.47 Å². The minimum atomic E-state index is -0.862. The standard InChI is InChI=1S/C16H25NO3/c1-5-20-12-11-16(15(18)19-4,17-13(2)3)14-9-7-6-8-10-14/h6-10,13,17H,5,11-12H2,1-4H3. The molecule has 1 aromatic carbocycles. The third kappa shape index (κ3) is 4.05. The maximum Gasteiger partial charge on any atom is 0.330 e. The Morgan fingerprint density at radius 1 is 1.30 bits per heavy atom. The third-order valence-electron chi connectivity index (χ3n) is 3.16. The van der Waals surface area contributed by atoms with Gasteiger partial charge in [0, 0.05) is 25.7 Å². The van der Waals surface area contributed by atoms with Gasteiger partial charge in [-0.3, -0.25) is 5.32 Å². The van der Waals surface area contributed by atoms with E-state index in [1.807, 2.05) is 51.1 Å². The first-order valence-corrected chi connectivity index (χ1v) is 7.06. The van der Waals surface area contributed by atoms with Crippen LogP contribution in [0.3, 0.4) is 0 Å². The predicted octanol–water partition coefficient (Wildman–Crippen LogP) is 2.48. The molecule has 0 aliphatic carbocycles. The molecule has 0 saturated heterocycles. The molecular formula is C16H25NO3. The maximum atomic E-state index is 12.4. The predicted molar refractivity (Wildman–Crippen MR) is 79.5 cm³/mol. The van der Waals surface area contributed by atoms with Crippen molar-refractivity contribution in [1.82, 2.24) is 5.32 Å². The first kappa shape index (κ1) is 16.7. The number of hydrogen-bond acceptors (Lipinski definition) is 4. The van der Waals surface area contributed by atoms with Crippen molar-refractivity contribution in [3.63, 3.8) is 0 Å². The van der Waals surface area contributed by atoms with Crippen LogP contribution in [0.15, 0.2) is 30.3 Å². The Morgan fingerprint density at radius 3 is 2.45 bits per heavy atom. The minimum Gasteiger partial charge on any atom is -0.467 e. The van der Waals surface area contributed by atoms with Gasteiger partial charge in [-0.15, -0.1) is 0 Å². The van der Waals surface area contributed by atoms with E-state index in [-0.39, 0.29) is 12.0 Å². The van der Waals surface area contributed by atoms with Gasteiger partial charge in [-0.25, -0.2) is 4.79 Å². The van der Waals surface area contributed by atoms with Gasteiger partial charge in [0.2, 0.25) is 0 Å². The average molecular weight is 279 g/mol. The number of benzene rings is 1. The van der Waals surface area contributed by atoms with Gasteiger partial charge in [0.1, 0.15) is 5.54 Å². The fraction of sp³-hybridized carbons (Fsp3) is 0.562. The number of rotatable bonds is 8. The molecule has 0 saturated carbocycles. The van der Waals surface area contributed by atoms with E-state index >= 15 is 0 Å². The lowest BCUT2D eigenvalue weighted by Crippen LogP contribution is -2.53. The van der Waals surface area contributed by atoms with Crippen LogP contribution in [0.1, 0.15) is 32.8 Å². The van der Waals surface area contributed by atoms with Gasteiger partial charge in [0.15, 0.2) is 0 Å². The average Bonchev–Trinajstić information content (AvgIpc) is 2.46. The van der Waals surface area contributed by atoms with Crippen molar-refractivity contribution in [2.75, 3.05) is 20.3 Å². The minimum absolute atomic E-state index is 0.149. The van der Waals surface area contributed by atoms with E-state index in [0.29, 0.717) is 19.6 Å². The molecule has 112 valence electrons. The molecule has 1 aromatic rings. The van der Waals surface area contributed by atoms with Crippen LogP contribution < -0.4 is 5.32 Å². The second-order valence-corrected chi connectivity index (χ2v) is 5.01. The number of hydrogen-bond donors (Lipinski definition) is 1. The highest BCUT2D eigenvalue weighted by molar-refractivity contribution is 5.82. The number of carbonyl (C=O) groups is 1. The van der Waals surface area contributed by atoms with Gasteiger partial charge in [0.25, 0.3) is 0 Å². The SMILES string of the molecule is CCOCCC(NC(C)C)(C(=O)OC)c1ccccc1. The van der Waals surface area contributed by atoms with Crippen molar-refractivity contribution >= 4 is 5.97 Å². The monoisotopic (exact) mass is 279 g/mol. The molecule has 0 aliphatic rings. The maximum absolute atomic E-state index is 12.4. The van der Waals surface area contributed by atoms with Crippen molar-refractivity contribution in [2.24, 2.45) is 0 Å². The lowest BCUT2D eigenvalue weighted by molar-refractivity contribution is -0.150. The van der Waals surface area contributed by atoms with Crippen LogP contribution in [0.25, 0.3) is 0 Å². The Kier molecular flexibility index (Phi) is 6.68. The molecule has 20 heavy (non-hydrogen) atoms. The summed E-state index contributed by atoms with van der Waals surface area (Å²) in [7, 11) is 1.42. The van der Waals surface area contributed by atoms with Gasteiger partial charge in [0.05, 0.1) is 7.11 Å². The van der Waals surface area contributed by atoms with Crippen molar-refractivity contribution in [1.29, 1.82) is 0 Å². The lowest BCUT2D eigenvalue weighted by Gasteiger charge is -2.34. The molecule has 4 nitrogen and oxygen atoms in total. The Morgan fingerprint density at radius 2 is 1.95 bits per heavy atom. The lowest BCUT2D eigenvalue weighted by atomic mass is 9.86. The molecule has 1 unspecified atom stereocenters.